The van der Waals surface area contributed by atoms with Gasteiger partial charge in [0.25, 0.3) is 0 Å². The summed E-state index contributed by atoms with van der Waals surface area (Å²) in [6.07, 6.45) is 13.8. The maximum Gasteiger partial charge on any atom is 0.139 e. The minimum Gasteiger partial charge on any atom is -0.506 e. The lowest BCUT2D eigenvalue weighted by Gasteiger charge is -2.58. The van der Waals surface area contributed by atoms with Crippen molar-refractivity contribution in [3.63, 3.8) is 0 Å². The summed E-state index contributed by atoms with van der Waals surface area (Å²) in [7, 11) is 0. The molecule has 2 aromatic carbocycles. The predicted octanol–water partition coefficient (Wildman–Crippen LogP) is 11.9. The zero-order valence-corrected chi connectivity index (χ0v) is 34.2. The van der Waals surface area contributed by atoms with E-state index >= 15 is 0 Å². The molecule has 11 heteroatoms. The van der Waals surface area contributed by atoms with Gasteiger partial charge < -0.3 is 20.1 Å². The van der Waals surface area contributed by atoms with Crippen LogP contribution in [0.4, 0.5) is 0 Å². The van der Waals surface area contributed by atoms with Gasteiger partial charge in [0.1, 0.15) is 17.2 Å². The summed E-state index contributed by atoms with van der Waals surface area (Å²) in [5.74, 6) is 4.07. The fourth-order valence-electron chi connectivity index (χ4n) is 11.6. The van der Waals surface area contributed by atoms with Crippen LogP contribution in [0.25, 0.3) is 0 Å². The van der Waals surface area contributed by atoms with Crippen molar-refractivity contribution >= 4 is 69.6 Å². The molecule has 2 aromatic rings. The zero-order valence-electron chi connectivity index (χ0n) is 29.6. The van der Waals surface area contributed by atoms with Gasteiger partial charge in [-0.3, -0.25) is 5.32 Å². The molecular formula is C40H49Cl6NO4. The molecule has 280 valence electrons. The molecule has 5 fully saturated rings. The van der Waals surface area contributed by atoms with Crippen LogP contribution in [0.1, 0.15) is 96.6 Å². The maximum absolute atomic E-state index is 10.3. The smallest absolute Gasteiger partial charge is 0.139 e. The largest absolute Gasteiger partial charge is 0.506 e. The third-order valence-corrected chi connectivity index (χ3v) is 16.6. The lowest BCUT2D eigenvalue weighted by atomic mass is 9.47. The van der Waals surface area contributed by atoms with Crippen molar-refractivity contribution in [1.29, 1.82) is 0 Å². The lowest BCUT2D eigenvalue weighted by Crippen LogP contribution is -2.57. The van der Waals surface area contributed by atoms with E-state index in [1.807, 2.05) is 0 Å². The number of hydrogen-bond donors (Lipinski definition) is 4. The molecule has 5 nitrogen and oxygen atoms in total. The molecule has 3 saturated carbocycles. The summed E-state index contributed by atoms with van der Waals surface area (Å²) in [4.78, 5) is 0. The third-order valence-electron chi connectivity index (χ3n) is 14.4. The van der Waals surface area contributed by atoms with Crippen molar-refractivity contribution in [2.45, 2.75) is 110 Å². The Hall–Kier alpha value is -0.600. The predicted molar refractivity (Wildman–Crippen MR) is 209 cm³/mol. The van der Waals surface area contributed by atoms with Crippen molar-refractivity contribution < 1.29 is 20.1 Å². The van der Waals surface area contributed by atoms with Gasteiger partial charge in [0.05, 0.1) is 42.3 Å². The number of aliphatic hydroxyl groups excluding tert-OH is 1. The fraction of sp³-hybridized carbons (Fsp3) is 0.650. The number of hydrogen-bond acceptors (Lipinski definition) is 5. The van der Waals surface area contributed by atoms with E-state index in [1.54, 1.807) is 5.57 Å². The first-order valence-electron chi connectivity index (χ1n) is 18.5. The number of rotatable bonds is 2. The van der Waals surface area contributed by atoms with Crippen LogP contribution in [0.3, 0.4) is 0 Å². The summed E-state index contributed by atoms with van der Waals surface area (Å²) in [6, 6.07) is 2.63. The Morgan fingerprint density at radius 2 is 1.45 bits per heavy atom. The Labute approximate surface area is 332 Å². The van der Waals surface area contributed by atoms with Gasteiger partial charge in [-0.05, 0) is 110 Å². The highest BCUT2D eigenvalue weighted by Gasteiger charge is 2.68. The van der Waals surface area contributed by atoms with Crippen LogP contribution >= 0.6 is 69.6 Å². The summed E-state index contributed by atoms with van der Waals surface area (Å²) < 4.78 is 7.00. The molecule has 2 aliphatic heterocycles. The molecule has 51 heavy (non-hydrogen) atoms. The lowest BCUT2D eigenvalue weighted by molar-refractivity contribution is -0.115. The molecule has 2 heterocycles. The number of nitrogens with one attached hydrogen (secondary N) is 1. The van der Waals surface area contributed by atoms with Gasteiger partial charge in [-0.1, -0.05) is 109 Å². The highest BCUT2D eigenvalue weighted by Crippen LogP contribution is 2.70. The number of phenolic OH excluding ortho intramolecular Hbond substituents is 2. The molecule has 0 aromatic heterocycles. The molecule has 4 aliphatic carbocycles. The molecule has 11 atom stereocenters. The van der Waals surface area contributed by atoms with E-state index < -0.39 is 0 Å². The van der Waals surface area contributed by atoms with Crippen LogP contribution in [0, 0.1) is 46.3 Å². The number of halogens is 6. The summed E-state index contributed by atoms with van der Waals surface area (Å²) >= 11 is 35.7. The standard InChI is InChI=1S/C27H43NO2.C13H6Cl6O2/c1-16-7-12-27(28-15-16)17(2)24-23(30-27)14-22-20-6-5-18-13-19(29)8-10-25(18,3)21(20)9-11-26(22,24)4;14-6-2-8(16)12(20)4(10(6)18)1-5-11(19)7(15)3-9(17)13(5)21/h5,16-17,19-24,28-29H,6-15H2,1-4H3;2-3,20-21H,1H2/t16-,17+,19+,20-,21+,22+,23+,24+,25+,26+,27-;/m1./s1. The van der Waals surface area contributed by atoms with Crippen molar-refractivity contribution in [2.75, 3.05) is 6.54 Å². The van der Waals surface area contributed by atoms with E-state index in [2.05, 4.69) is 39.1 Å². The van der Waals surface area contributed by atoms with Crippen molar-refractivity contribution in [2.24, 2.45) is 46.3 Å². The minimum atomic E-state index is -0.252. The first-order valence-corrected chi connectivity index (χ1v) is 20.8. The average molecular weight is 821 g/mol. The van der Waals surface area contributed by atoms with Gasteiger partial charge in [0.2, 0.25) is 0 Å². The van der Waals surface area contributed by atoms with Crippen LogP contribution in [-0.4, -0.2) is 39.8 Å². The minimum absolute atomic E-state index is 0.0307. The van der Waals surface area contributed by atoms with E-state index in [1.165, 1.54) is 57.1 Å². The summed E-state index contributed by atoms with van der Waals surface area (Å²) in [6.45, 7) is 11.2. The Bertz CT molecular complexity index is 1610. The number of ether oxygens (including phenoxy) is 1. The number of fused-ring (bicyclic) bond motifs is 7. The number of allylic oxidation sites excluding steroid dienone is 1. The normalized spacial score (nSPS) is 39.7. The second-order valence-corrected chi connectivity index (χ2v) is 19.3. The number of aromatic hydroxyl groups is 2. The van der Waals surface area contributed by atoms with Crippen molar-refractivity contribution in [1.82, 2.24) is 5.32 Å². The zero-order chi connectivity index (χ0) is 36.8. The molecule has 2 saturated heterocycles. The molecule has 4 N–H and O–H groups in total. The monoisotopic (exact) mass is 817 g/mol. The Morgan fingerprint density at radius 1 is 0.824 bits per heavy atom. The molecule has 8 rings (SSSR count). The Kier molecular flexibility index (Phi) is 10.7. The Morgan fingerprint density at radius 3 is 2.04 bits per heavy atom. The number of aliphatic hydroxyl groups is 1. The van der Waals surface area contributed by atoms with E-state index in [0.717, 1.165) is 49.0 Å². The van der Waals surface area contributed by atoms with Gasteiger partial charge in [-0.25, -0.2) is 0 Å². The first kappa shape index (κ1) is 38.7. The van der Waals surface area contributed by atoms with E-state index in [-0.39, 0.29) is 71.0 Å². The number of benzene rings is 2. The average Bonchev–Trinajstić information content (AvgIpc) is 3.54. The Balaban J connectivity index is 0.000000171. The third kappa shape index (κ3) is 6.43. The highest BCUT2D eigenvalue weighted by molar-refractivity contribution is 6.45. The van der Waals surface area contributed by atoms with Crippen LogP contribution in [0.2, 0.25) is 30.1 Å². The second kappa shape index (κ2) is 14.2. The summed E-state index contributed by atoms with van der Waals surface area (Å²) in [5, 5.41) is 34.8. The van der Waals surface area contributed by atoms with Crippen LogP contribution in [-0.2, 0) is 11.2 Å². The molecule has 0 bridgehead atoms. The van der Waals surface area contributed by atoms with Crippen molar-refractivity contribution in [3.05, 3.63) is 65.0 Å². The number of piperidine rings is 1. The first-order chi connectivity index (χ1) is 24.0. The van der Waals surface area contributed by atoms with E-state index in [0.29, 0.717) is 22.9 Å². The SMILES string of the molecule is C[C@@H]1CC[C@@]2(NC1)O[C@H]1C[C@H]3[C@@H]4CC=C5C[C@@H](O)CC[C@]5(C)[C@H]4CC[C@]3(C)[C@H]1[C@@H]2C.Oc1c(Cl)cc(Cl)c(Cl)c1Cc1c(O)c(Cl)cc(Cl)c1Cl. The second-order valence-electron chi connectivity index (χ2n) is 17.0. The molecule has 0 radical (unpaired) electrons. The summed E-state index contributed by atoms with van der Waals surface area (Å²) in [5.41, 5.74) is 2.76. The molecule has 6 aliphatic rings. The number of phenols is 2. The van der Waals surface area contributed by atoms with Crippen LogP contribution in [0.5, 0.6) is 11.5 Å². The quantitative estimate of drug-likeness (QED) is 0.179. The van der Waals surface area contributed by atoms with Crippen LogP contribution in [0.15, 0.2) is 23.8 Å². The van der Waals surface area contributed by atoms with Gasteiger partial charge in [-0.2, -0.15) is 0 Å². The van der Waals surface area contributed by atoms with Gasteiger partial charge in [0.15, 0.2) is 0 Å². The molecular weight excluding hydrogens is 771 g/mol. The van der Waals surface area contributed by atoms with E-state index in [9.17, 15) is 15.3 Å². The van der Waals surface area contributed by atoms with Gasteiger partial charge >= 0.3 is 0 Å². The molecule has 1 spiro atoms. The van der Waals surface area contributed by atoms with Crippen LogP contribution < -0.4 is 5.32 Å². The van der Waals surface area contributed by atoms with Gasteiger partial charge in [0, 0.05) is 30.0 Å². The molecule has 0 unspecified atom stereocenters. The molecule has 0 amide bonds. The highest BCUT2D eigenvalue weighted by atomic mass is 35.5. The fourth-order valence-corrected chi connectivity index (χ4v) is 13.0. The maximum atomic E-state index is 10.3. The van der Waals surface area contributed by atoms with E-state index in [4.69, 9.17) is 74.3 Å². The van der Waals surface area contributed by atoms with Gasteiger partial charge in [-0.15, -0.1) is 0 Å². The van der Waals surface area contributed by atoms with Crippen molar-refractivity contribution in [3.8, 4) is 11.5 Å². The topological polar surface area (TPSA) is 82.0 Å².